The van der Waals surface area contributed by atoms with Gasteiger partial charge in [-0.25, -0.2) is 14.8 Å². The molecule has 22 heavy (non-hydrogen) atoms. The second-order valence-electron chi connectivity index (χ2n) is 6.86. The van der Waals surface area contributed by atoms with E-state index in [1.54, 1.807) is 4.90 Å². The lowest BCUT2D eigenvalue weighted by molar-refractivity contribution is 0.0289. The van der Waals surface area contributed by atoms with Crippen molar-refractivity contribution in [2.45, 2.75) is 39.3 Å². The molecule has 3 rings (SSSR count). The van der Waals surface area contributed by atoms with Crippen molar-refractivity contribution in [3.05, 3.63) is 23.9 Å². The van der Waals surface area contributed by atoms with Crippen molar-refractivity contribution in [3.8, 4) is 0 Å². The Balaban J connectivity index is 1.72. The van der Waals surface area contributed by atoms with Crippen LogP contribution < -0.4 is 5.01 Å². The highest BCUT2D eigenvalue weighted by Crippen LogP contribution is 2.30. The Morgan fingerprint density at radius 3 is 2.77 bits per heavy atom. The van der Waals surface area contributed by atoms with Crippen LogP contribution in [0.2, 0.25) is 0 Å². The van der Waals surface area contributed by atoms with Gasteiger partial charge in [0.05, 0.1) is 6.04 Å². The number of pyridine rings is 1. The molecule has 2 aliphatic heterocycles. The minimum Gasteiger partial charge on any atom is -0.444 e. The zero-order chi connectivity index (χ0) is 15.9. The molecule has 0 radical (unpaired) electrons. The first-order valence-corrected chi connectivity index (χ1v) is 7.58. The number of rotatable bonds is 1. The van der Waals surface area contributed by atoms with Crippen LogP contribution >= 0.6 is 0 Å². The number of hydrogen-bond donors (Lipinski definition) is 0. The number of aromatic nitrogens is 1. The first kappa shape index (κ1) is 14.8. The summed E-state index contributed by atoms with van der Waals surface area (Å²) in [6.45, 7) is 8.85. The summed E-state index contributed by atoms with van der Waals surface area (Å²) >= 11 is 0. The molecule has 118 valence electrons. The third-order valence-electron chi connectivity index (χ3n) is 3.79. The van der Waals surface area contributed by atoms with Crippen LogP contribution in [0.1, 0.15) is 26.5 Å². The predicted molar refractivity (Wildman–Crippen MR) is 85.0 cm³/mol. The molecule has 0 bridgehead atoms. The van der Waals surface area contributed by atoms with Gasteiger partial charge in [0.25, 0.3) is 0 Å². The van der Waals surface area contributed by atoms with E-state index in [2.05, 4.69) is 10.1 Å². The van der Waals surface area contributed by atoms with E-state index >= 15 is 0 Å². The Hall–Kier alpha value is -2.11. The predicted octanol–water partition coefficient (Wildman–Crippen LogP) is 2.43. The average Bonchev–Trinajstić information content (AvgIpc) is 2.95. The maximum Gasteiger partial charge on any atom is 0.410 e. The molecule has 1 amide bonds. The van der Waals surface area contributed by atoms with E-state index in [1.165, 1.54) is 0 Å². The third-order valence-corrected chi connectivity index (χ3v) is 3.79. The van der Waals surface area contributed by atoms with E-state index in [0.29, 0.717) is 13.1 Å². The lowest BCUT2D eigenvalue weighted by atomic mass is 10.1. The zero-order valence-electron chi connectivity index (χ0n) is 13.5. The third kappa shape index (κ3) is 2.91. The zero-order valence-corrected chi connectivity index (χ0v) is 13.5. The summed E-state index contributed by atoms with van der Waals surface area (Å²) in [7, 11) is 0. The second kappa shape index (κ2) is 5.26. The molecule has 0 spiro atoms. The van der Waals surface area contributed by atoms with Gasteiger partial charge in [0.1, 0.15) is 11.4 Å². The smallest absolute Gasteiger partial charge is 0.410 e. The number of amides is 1. The van der Waals surface area contributed by atoms with Crippen molar-refractivity contribution >= 4 is 18.1 Å². The number of carbonyl (C=O) groups excluding carboxylic acids is 1. The number of nitrogens with zero attached hydrogens (tertiary/aromatic N) is 4. The van der Waals surface area contributed by atoms with Crippen molar-refractivity contribution in [3.63, 3.8) is 0 Å². The fourth-order valence-corrected chi connectivity index (χ4v) is 2.82. The molecular weight excluding hydrogens is 280 g/mol. The molecule has 0 aliphatic carbocycles. The van der Waals surface area contributed by atoms with Gasteiger partial charge in [-0.05, 0) is 39.8 Å². The van der Waals surface area contributed by atoms with Crippen LogP contribution in [0.15, 0.2) is 23.3 Å². The number of aryl methyl sites for hydroxylation is 1. The number of hydrogen-bond acceptors (Lipinski definition) is 5. The molecule has 2 aliphatic rings. The topological polar surface area (TPSA) is 58.0 Å². The van der Waals surface area contributed by atoms with Gasteiger partial charge in [0.2, 0.25) is 0 Å². The Morgan fingerprint density at radius 1 is 1.32 bits per heavy atom. The molecule has 6 nitrogen and oxygen atoms in total. The van der Waals surface area contributed by atoms with E-state index in [9.17, 15) is 4.79 Å². The first-order chi connectivity index (χ1) is 10.3. The molecule has 1 aromatic heterocycles. The number of ether oxygens (including phenoxy) is 1. The molecule has 1 fully saturated rings. The number of fused-ring (bicyclic) bond motifs is 1. The van der Waals surface area contributed by atoms with Crippen LogP contribution in [0.3, 0.4) is 0 Å². The number of likely N-dealkylation sites (tertiary alicyclic amines) is 1. The fourth-order valence-electron chi connectivity index (χ4n) is 2.82. The van der Waals surface area contributed by atoms with Crippen molar-refractivity contribution in [1.29, 1.82) is 0 Å². The highest BCUT2D eigenvalue weighted by Gasteiger charge is 2.43. The van der Waals surface area contributed by atoms with Crippen molar-refractivity contribution in [2.75, 3.05) is 18.1 Å². The highest BCUT2D eigenvalue weighted by molar-refractivity contribution is 5.75. The van der Waals surface area contributed by atoms with Gasteiger partial charge in [0.15, 0.2) is 0 Å². The minimum atomic E-state index is -0.472. The molecular formula is C16H22N4O2. The molecule has 3 heterocycles. The second-order valence-corrected chi connectivity index (χ2v) is 6.86. The summed E-state index contributed by atoms with van der Waals surface area (Å²) in [6, 6.07) is 6.02. The van der Waals surface area contributed by atoms with E-state index in [4.69, 9.17) is 4.74 Å². The SMILES string of the molecule is Cc1cccc(N2N=CC3CN(C(=O)OC(C)(C)C)CC32)n1. The lowest BCUT2D eigenvalue weighted by Crippen LogP contribution is -2.38. The Kier molecular flexibility index (Phi) is 3.54. The molecule has 6 heteroatoms. The van der Waals surface area contributed by atoms with Crippen LogP contribution in [-0.4, -0.2) is 46.9 Å². The van der Waals surface area contributed by atoms with E-state index in [-0.39, 0.29) is 18.1 Å². The maximum absolute atomic E-state index is 12.2. The largest absolute Gasteiger partial charge is 0.444 e. The summed E-state index contributed by atoms with van der Waals surface area (Å²) in [4.78, 5) is 18.5. The molecule has 0 N–H and O–H groups in total. The van der Waals surface area contributed by atoms with Gasteiger partial charge in [-0.15, -0.1) is 0 Å². The van der Waals surface area contributed by atoms with E-state index in [1.807, 2.05) is 57.1 Å². The van der Waals surface area contributed by atoms with Crippen molar-refractivity contribution in [1.82, 2.24) is 9.88 Å². The van der Waals surface area contributed by atoms with Crippen LogP contribution in [-0.2, 0) is 4.74 Å². The minimum absolute atomic E-state index is 0.141. The quantitative estimate of drug-likeness (QED) is 0.799. The molecule has 1 saturated heterocycles. The van der Waals surface area contributed by atoms with Crippen LogP contribution in [0.5, 0.6) is 0 Å². The molecule has 0 aromatic carbocycles. The van der Waals surface area contributed by atoms with E-state index in [0.717, 1.165) is 11.5 Å². The maximum atomic E-state index is 12.2. The van der Waals surface area contributed by atoms with Crippen molar-refractivity contribution < 1.29 is 9.53 Å². The highest BCUT2D eigenvalue weighted by atomic mass is 16.6. The molecule has 2 unspecified atom stereocenters. The molecule has 0 saturated carbocycles. The van der Waals surface area contributed by atoms with Gasteiger partial charge >= 0.3 is 6.09 Å². The standard InChI is InChI=1S/C16H22N4O2/c1-11-6-5-7-14(18-11)20-13-10-19(9-12(13)8-17-20)15(21)22-16(2,3)4/h5-8,12-13H,9-10H2,1-4H3. The normalized spacial score (nSPS) is 23.8. The Bertz CT molecular complexity index is 608. The Morgan fingerprint density at radius 2 is 2.09 bits per heavy atom. The van der Waals surface area contributed by atoms with Crippen LogP contribution in [0, 0.1) is 12.8 Å². The summed E-state index contributed by atoms with van der Waals surface area (Å²) < 4.78 is 5.46. The van der Waals surface area contributed by atoms with Crippen molar-refractivity contribution in [2.24, 2.45) is 11.0 Å². The first-order valence-electron chi connectivity index (χ1n) is 7.58. The van der Waals surface area contributed by atoms with Gasteiger partial charge in [0, 0.05) is 30.9 Å². The average molecular weight is 302 g/mol. The number of hydrazone groups is 1. The number of anilines is 1. The summed E-state index contributed by atoms with van der Waals surface area (Å²) in [5, 5.41) is 6.39. The van der Waals surface area contributed by atoms with Gasteiger partial charge in [-0.1, -0.05) is 6.07 Å². The lowest BCUT2D eigenvalue weighted by Gasteiger charge is -2.26. The van der Waals surface area contributed by atoms with Gasteiger partial charge in [-0.3, -0.25) is 0 Å². The monoisotopic (exact) mass is 302 g/mol. The summed E-state index contributed by atoms with van der Waals surface area (Å²) in [5.74, 6) is 1.06. The summed E-state index contributed by atoms with van der Waals surface area (Å²) in [5.41, 5.74) is 0.485. The molecule has 1 aromatic rings. The summed E-state index contributed by atoms with van der Waals surface area (Å²) in [6.07, 6.45) is 1.66. The fraction of sp³-hybridized carbons (Fsp3) is 0.562. The van der Waals surface area contributed by atoms with Gasteiger partial charge in [-0.2, -0.15) is 5.10 Å². The van der Waals surface area contributed by atoms with Crippen LogP contribution in [0.25, 0.3) is 0 Å². The van der Waals surface area contributed by atoms with Gasteiger partial charge < -0.3 is 9.64 Å². The van der Waals surface area contributed by atoms with E-state index < -0.39 is 5.60 Å². The molecule has 2 atom stereocenters. The van der Waals surface area contributed by atoms with Crippen LogP contribution in [0.4, 0.5) is 10.6 Å². The number of carbonyl (C=O) groups is 1. The Labute approximate surface area is 130 Å².